The van der Waals surface area contributed by atoms with Gasteiger partial charge in [0.1, 0.15) is 36.3 Å². The molecule has 0 aliphatic carbocycles. The summed E-state index contributed by atoms with van der Waals surface area (Å²) in [7, 11) is -5.67. The molecule has 398 valence electrons. The number of hydrogen-bond acceptors (Lipinski definition) is 9. The molecule has 2 aliphatic rings. The first-order valence-electron chi connectivity index (χ1n) is 24.7. The van der Waals surface area contributed by atoms with E-state index in [4.69, 9.17) is 14.2 Å². The van der Waals surface area contributed by atoms with Crippen LogP contribution in [0.1, 0.15) is 67.2 Å². The lowest BCUT2D eigenvalue weighted by molar-refractivity contribution is 0.0599. The average Bonchev–Trinajstić information content (AvgIpc) is 4.20. The Balaban J connectivity index is 0.000000188. The van der Waals surface area contributed by atoms with E-state index in [1.807, 2.05) is 97.5 Å². The van der Waals surface area contributed by atoms with Crippen LogP contribution in [0.4, 0.5) is 20.2 Å². The second-order valence-corrected chi connectivity index (χ2v) is 23.0. The molecule has 0 bridgehead atoms. The summed E-state index contributed by atoms with van der Waals surface area (Å²) in [5, 5.41) is 9.81. The number of carboxylic acid groups (broad SMARTS) is 1. The second-order valence-electron chi connectivity index (χ2n) is 19.0. The summed E-state index contributed by atoms with van der Waals surface area (Å²) < 4.78 is 101. The summed E-state index contributed by atoms with van der Waals surface area (Å²) in [5.41, 5.74) is 10.7. The van der Waals surface area contributed by atoms with Crippen LogP contribution >= 0.6 is 0 Å². The average molecular weight is 1080 g/mol. The maximum absolute atomic E-state index is 13.3. The highest BCUT2D eigenvalue weighted by Gasteiger charge is 2.31. The molecule has 0 saturated carbocycles. The Hall–Kier alpha value is -8.22. The highest BCUT2D eigenvalue weighted by molar-refractivity contribution is 7.93. The van der Waals surface area contributed by atoms with Gasteiger partial charge in [-0.3, -0.25) is 8.61 Å². The first-order chi connectivity index (χ1) is 36.8. The Morgan fingerprint density at radius 2 is 0.922 bits per heavy atom. The first-order valence-corrected chi connectivity index (χ1v) is 28.0. The molecule has 2 fully saturated rings. The predicted octanol–water partition coefficient (Wildman–Crippen LogP) is 11.5. The smallest absolute Gasteiger partial charge is 0.337 e. The number of aryl methyl sites for hydroxylation is 4. The molecule has 0 radical (unpaired) electrons. The van der Waals surface area contributed by atoms with Crippen LogP contribution in [0.15, 0.2) is 146 Å². The fourth-order valence-corrected chi connectivity index (χ4v) is 12.7. The van der Waals surface area contributed by atoms with Gasteiger partial charge in [-0.1, -0.05) is 47.5 Å². The van der Waals surface area contributed by atoms with Crippen molar-refractivity contribution in [3.63, 3.8) is 0 Å². The van der Waals surface area contributed by atoms with Crippen molar-refractivity contribution in [3.05, 3.63) is 202 Å². The molecular weight excluding hydrogens is 1030 g/mol. The molecule has 14 nitrogen and oxygen atoms in total. The molecule has 8 aromatic rings. The summed E-state index contributed by atoms with van der Waals surface area (Å²) in [6, 6.07) is 41.4. The molecule has 4 heterocycles. The molecule has 2 saturated heterocycles. The van der Waals surface area contributed by atoms with Crippen molar-refractivity contribution in [1.82, 2.24) is 9.13 Å². The van der Waals surface area contributed by atoms with Crippen molar-refractivity contribution in [3.8, 4) is 45.4 Å². The van der Waals surface area contributed by atoms with Gasteiger partial charge in [-0.25, -0.2) is 35.2 Å². The van der Waals surface area contributed by atoms with Gasteiger partial charge in [0, 0.05) is 47.0 Å². The Labute approximate surface area is 446 Å². The molecule has 2 aliphatic heterocycles. The van der Waals surface area contributed by atoms with E-state index in [0.29, 0.717) is 60.2 Å². The number of sulfonamides is 2. The third-order valence-electron chi connectivity index (χ3n) is 13.4. The zero-order chi connectivity index (χ0) is 54.8. The lowest BCUT2D eigenvalue weighted by atomic mass is 10.1. The first kappa shape index (κ1) is 53.6. The maximum Gasteiger partial charge on any atom is 0.337 e. The number of carbonyl (C=O) groups is 2. The summed E-state index contributed by atoms with van der Waals surface area (Å²) in [6.45, 7) is 8.95. The van der Waals surface area contributed by atoms with E-state index in [0.717, 1.165) is 56.2 Å². The van der Waals surface area contributed by atoms with Crippen molar-refractivity contribution >= 4 is 43.4 Å². The number of hydrogen-bond donors (Lipinski definition) is 1. The number of carbonyl (C=O) groups excluding carboxylic acids is 1. The number of ether oxygens (including phenoxy) is 3. The van der Waals surface area contributed by atoms with Gasteiger partial charge in [0.05, 0.1) is 52.5 Å². The Kier molecular flexibility index (Phi) is 15.4. The summed E-state index contributed by atoms with van der Waals surface area (Å²) in [5.74, 6) is -0.981. The van der Waals surface area contributed by atoms with Crippen LogP contribution in [0.25, 0.3) is 33.9 Å². The molecule has 2 aromatic heterocycles. The largest absolute Gasteiger partial charge is 0.488 e. The fraction of sp³-hybridized carbons (Fsp3) is 0.220. The monoisotopic (exact) mass is 1080 g/mol. The minimum absolute atomic E-state index is 0.00400. The van der Waals surface area contributed by atoms with Crippen LogP contribution in [-0.4, -0.2) is 74.7 Å². The van der Waals surface area contributed by atoms with Gasteiger partial charge < -0.3 is 28.5 Å². The van der Waals surface area contributed by atoms with Crippen molar-refractivity contribution in [2.75, 3.05) is 40.3 Å². The van der Waals surface area contributed by atoms with E-state index in [9.17, 15) is 40.3 Å². The summed E-state index contributed by atoms with van der Waals surface area (Å²) >= 11 is 0. The molecule has 0 unspecified atom stereocenters. The molecule has 18 heteroatoms. The van der Waals surface area contributed by atoms with E-state index in [1.54, 1.807) is 54.6 Å². The van der Waals surface area contributed by atoms with Gasteiger partial charge in [-0.15, -0.1) is 0 Å². The maximum atomic E-state index is 13.3. The van der Waals surface area contributed by atoms with Crippen LogP contribution in [0.5, 0.6) is 11.5 Å². The zero-order valence-corrected chi connectivity index (χ0v) is 44.6. The Morgan fingerprint density at radius 3 is 1.31 bits per heavy atom. The highest BCUT2D eigenvalue weighted by atomic mass is 32.2. The van der Waals surface area contributed by atoms with Crippen molar-refractivity contribution in [2.45, 2.75) is 53.8 Å². The topological polar surface area (TPSA) is 167 Å². The van der Waals surface area contributed by atoms with E-state index >= 15 is 0 Å². The predicted molar refractivity (Wildman–Crippen MR) is 293 cm³/mol. The number of halogens is 2. The van der Waals surface area contributed by atoms with Gasteiger partial charge in [-0.05, 0) is 161 Å². The third kappa shape index (κ3) is 11.8. The zero-order valence-electron chi connectivity index (χ0n) is 43.0. The Morgan fingerprint density at radius 1 is 0.519 bits per heavy atom. The molecule has 0 spiro atoms. The fourth-order valence-electron chi connectivity index (χ4n) is 9.56. The number of carboxylic acids is 1. The molecule has 10 rings (SSSR count). The minimum Gasteiger partial charge on any atom is -0.488 e. The summed E-state index contributed by atoms with van der Waals surface area (Å²) in [4.78, 5) is 24.6. The molecule has 6 aromatic carbocycles. The number of methoxy groups -OCH3 is 1. The van der Waals surface area contributed by atoms with E-state index in [-0.39, 0.29) is 47.5 Å². The van der Waals surface area contributed by atoms with Crippen molar-refractivity contribution in [1.29, 1.82) is 0 Å². The SMILES string of the molecule is COC(=O)c1cc(N2CCCS2(=O)=O)cc(-n2c(C)ccc2-c2cc(C)ccc2OCc2ccc(F)cc2)c1.Cc1ccc(OCc2ccc(F)cc2)c(-c2ccc(C)n2-c2cc(C(=O)O)cc(N3CCCS3(=O)=O)c2)c1. The number of esters is 1. The molecule has 0 atom stereocenters. The normalized spacial score (nSPS) is 14.5. The van der Waals surface area contributed by atoms with E-state index in [1.165, 1.54) is 46.1 Å². The summed E-state index contributed by atoms with van der Waals surface area (Å²) in [6.07, 6.45) is 1.01. The van der Waals surface area contributed by atoms with Gasteiger partial charge in [-0.2, -0.15) is 0 Å². The van der Waals surface area contributed by atoms with E-state index < -0.39 is 32.0 Å². The molecule has 0 amide bonds. The Bertz CT molecular complexity index is 3760. The quantitative estimate of drug-likeness (QED) is 0.104. The number of aromatic nitrogens is 2. The van der Waals surface area contributed by atoms with Gasteiger partial charge in [0.15, 0.2) is 0 Å². The lowest BCUT2D eigenvalue weighted by Gasteiger charge is -2.21. The number of nitrogens with zero attached hydrogens (tertiary/aromatic N) is 4. The van der Waals surface area contributed by atoms with Gasteiger partial charge in [0.25, 0.3) is 0 Å². The number of rotatable bonds is 14. The molecule has 77 heavy (non-hydrogen) atoms. The van der Waals surface area contributed by atoms with E-state index in [2.05, 4.69) is 0 Å². The van der Waals surface area contributed by atoms with Crippen LogP contribution in [-0.2, 0) is 38.0 Å². The lowest BCUT2D eigenvalue weighted by Crippen LogP contribution is -2.25. The second kappa shape index (κ2) is 22.2. The van der Waals surface area contributed by atoms with Crippen molar-refractivity contribution < 1.29 is 54.5 Å². The van der Waals surface area contributed by atoms with Crippen LogP contribution in [0.2, 0.25) is 0 Å². The van der Waals surface area contributed by atoms with Crippen molar-refractivity contribution in [2.24, 2.45) is 0 Å². The highest BCUT2D eigenvalue weighted by Crippen LogP contribution is 2.39. The van der Waals surface area contributed by atoms with Crippen LogP contribution in [0, 0.1) is 39.3 Å². The number of anilines is 2. The number of benzene rings is 6. The molecular formula is C59H56F2N4O10S2. The van der Waals surface area contributed by atoms with Gasteiger partial charge >= 0.3 is 11.9 Å². The number of aromatic carboxylic acids is 1. The standard InChI is InChI=1S/C30H29FN2O5S.C29H27FN2O5S/c1-20-5-12-29(38-19-22-7-9-24(31)10-8-22)27(15-20)28-11-6-21(2)33(28)26-17-23(30(34)37-3)16-25(18-26)32-13-4-14-39(32,35)36;1-19-4-11-28(37-18-21-6-8-23(30)9-7-21)26(14-19)27-10-5-20(2)32(27)25-16-22(29(33)34)15-24(17-25)31-12-3-13-38(31,35)36/h5-12,15-18H,4,13-14,19H2,1-3H3;4-11,14-17H,3,12-13,18H2,1-2H3,(H,33,34). The van der Waals surface area contributed by atoms with Crippen LogP contribution < -0.4 is 18.1 Å². The van der Waals surface area contributed by atoms with Gasteiger partial charge in [0.2, 0.25) is 20.0 Å². The van der Waals surface area contributed by atoms with Crippen LogP contribution in [0.3, 0.4) is 0 Å². The third-order valence-corrected chi connectivity index (χ3v) is 17.1. The minimum atomic E-state index is -3.50. The molecule has 1 N–H and O–H groups in total.